The van der Waals surface area contributed by atoms with E-state index in [4.69, 9.17) is 9.72 Å². The van der Waals surface area contributed by atoms with Crippen LogP contribution >= 0.6 is 0 Å². The molecule has 0 spiro atoms. The molecule has 0 aliphatic carbocycles. The quantitative estimate of drug-likeness (QED) is 0.353. The normalized spacial score (nSPS) is 14.6. The summed E-state index contributed by atoms with van der Waals surface area (Å²) in [6.45, 7) is 7.43. The number of para-hydroxylation sites is 3. The van der Waals surface area contributed by atoms with E-state index in [-0.39, 0.29) is 5.91 Å². The minimum Gasteiger partial charge on any atom is -0.378 e. The minimum absolute atomic E-state index is 0.137. The maximum atomic E-state index is 13.6. The van der Waals surface area contributed by atoms with E-state index in [2.05, 4.69) is 54.4 Å². The molecule has 1 aliphatic rings. The Morgan fingerprint density at radius 1 is 1.00 bits per heavy atom. The van der Waals surface area contributed by atoms with Crippen LogP contribution in [0.3, 0.4) is 0 Å². The molecular formula is C30H31N3O2. The maximum absolute atomic E-state index is 13.6. The molecule has 0 bridgehead atoms. The number of nitrogens with one attached hydrogen (secondary N) is 1. The van der Waals surface area contributed by atoms with Gasteiger partial charge in [0, 0.05) is 24.0 Å². The fourth-order valence-electron chi connectivity index (χ4n) is 4.58. The molecule has 0 saturated carbocycles. The zero-order valence-electron chi connectivity index (χ0n) is 20.3. The topological polar surface area (TPSA) is 54.5 Å². The Bertz CT molecular complexity index is 1330. The predicted octanol–water partition coefficient (Wildman–Crippen LogP) is 6.50. The van der Waals surface area contributed by atoms with Gasteiger partial charge in [0.25, 0.3) is 5.91 Å². The summed E-state index contributed by atoms with van der Waals surface area (Å²) in [7, 11) is 0. The average molecular weight is 466 g/mol. The first kappa shape index (κ1) is 23.1. The van der Waals surface area contributed by atoms with Crippen LogP contribution in [0.4, 0.5) is 11.4 Å². The fourth-order valence-corrected chi connectivity index (χ4v) is 4.58. The van der Waals surface area contributed by atoms with Gasteiger partial charge in [0.1, 0.15) is 0 Å². The second-order valence-corrected chi connectivity index (χ2v) is 9.07. The van der Waals surface area contributed by atoms with Crippen LogP contribution in [0, 0.1) is 0 Å². The lowest BCUT2D eigenvalue weighted by molar-refractivity contribution is 0.102. The molecule has 1 amide bonds. The Kier molecular flexibility index (Phi) is 6.77. The maximum Gasteiger partial charge on any atom is 0.256 e. The number of ether oxygens (including phenoxy) is 1. The highest BCUT2D eigenvalue weighted by atomic mass is 16.5. The first-order chi connectivity index (χ1) is 17.1. The summed E-state index contributed by atoms with van der Waals surface area (Å²) >= 11 is 0. The summed E-state index contributed by atoms with van der Waals surface area (Å²) in [6.07, 6.45) is 1.10. The third-order valence-electron chi connectivity index (χ3n) is 6.85. The van der Waals surface area contributed by atoms with Crippen LogP contribution in [0.5, 0.6) is 0 Å². The number of hydrogen-bond donors (Lipinski definition) is 1. The molecule has 1 N–H and O–H groups in total. The van der Waals surface area contributed by atoms with E-state index in [1.807, 2.05) is 48.5 Å². The molecule has 1 aliphatic heterocycles. The Morgan fingerprint density at radius 3 is 2.49 bits per heavy atom. The van der Waals surface area contributed by atoms with Gasteiger partial charge in [0.05, 0.1) is 41.4 Å². The van der Waals surface area contributed by atoms with E-state index in [0.717, 1.165) is 53.0 Å². The molecular weight excluding hydrogens is 434 g/mol. The lowest BCUT2D eigenvalue weighted by atomic mass is 9.96. The van der Waals surface area contributed by atoms with Gasteiger partial charge in [-0.05, 0) is 42.2 Å². The number of fused-ring (bicyclic) bond motifs is 1. The fraction of sp³-hybridized carbons (Fsp3) is 0.267. The molecule has 5 heteroatoms. The number of amides is 1. The Balaban J connectivity index is 1.50. The number of pyridine rings is 1. The van der Waals surface area contributed by atoms with Crippen LogP contribution in [0.25, 0.3) is 22.2 Å². The van der Waals surface area contributed by atoms with Gasteiger partial charge >= 0.3 is 0 Å². The molecule has 178 valence electrons. The van der Waals surface area contributed by atoms with Crippen LogP contribution in [0.1, 0.15) is 42.1 Å². The number of morpholine rings is 1. The van der Waals surface area contributed by atoms with Gasteiger partial charge in [-0.3, -0.25) is 4.79 Å². The number of benzene rings is 3. The van der Waals surface area contributed by atoms with Gasteiger partial charge in [0.2, 0.25) is 0 Å². The average Bonchev–Trinajstić information content (AvgIpc) is 2.93. The molecule has 1 unspecified atom stereocenters. The highest BCUT2D eigenvalue weighted by Crippen LogP contribution is 2.30. The highest BCUT2D eigenvalue weighted by Gasteiger charge is 2.19. The van der Waals surface area contributed by atoms with Crippen molar-refractivity contribution in [3.8, 4) is 11.3 Å². The molecule has 5 nitrogen and oxygen atoms in total. The molecule has 1 aromatic heterocycles. The minimum atomic E-state index is -0.137. The van der Waals surface area contributed by atoms with E-state index in [0.29, 0.717) is 24.7 Å². The Hall–Kier alpha value is -3.70. The largest absolute Gasteiger partial charge is 0.378 e. The van der Waals surface area contributed by atoms with Crippen LogP contribution < -0.4 is 10.2 Å². The van der Waals surface area contributed by atoms with Crippen LogP contribution in [-0.4, -0.2) is 37.2 Å². The summed E-state index contributed by atoms with van der Waals surface area (Å²) in [4.78, 5) is 20.8. The van der Waals surface area contributed by atoms with Crippen molar-refractivity contribution in [1.82, 2.24) is 4.98 Å². The first-order valence-corrected chi connectivity index (χ1v) is 12.4. The van der Waals surface area contributed by atoms with Crippen molar-refractivity contribution in [3.05, 3.63) is 90.0 Å². The van der Waals surface area contributed by atoms with E-state index < -0.39 is 0 Å². The third kappa shape index (κ3) is 4.91. The van der Waals surface area contributed by atoms with Gasteiger partial charge in [-0.1, -0.05) is 68.4 Å². The summed E-state index contributed by atoms with van der Waals surface area (Å²) in [5.41, 5.74) is 6.37. The molecule has 3 aromatic carbocycles. The van der Waals surface area contributed by atoms with E-state index in [1.165, 1.54) is 5.56 Å². The second kappa shape index (κ2) is 10.3. The van der Waals surface area contributed by atoms with Crippen molar-refractivity contribution in [2.24, 2.45) is 0 Å². The number of hydrogen-bond acceptors (Lipinski definition) is 4. The van der Waals surface area contributed by atoms with E-state index in [1.54, 1.807) is 0 Å². The van der Waals surface area contributed by atoms with Crippen molar-refractivity contribution < 1.29 is 9.53 Å². The zero-order valence-corrected chi connectivity index (χ0v) is 20.3. The lowest BCUT2D eigenvalue weighted by Crippen LogP contribution is -2.36. The van der Waals surface area contributed by atoms with E-state index in [9.17, 15) is 4.79 Å². The monoisotopic (exact) mass is 465 g/mol. The third-order valence-corrected chi connectivity index (χ3v) is 6.85. The van der Waals surface area contributed by atoms with E-state index >= 15 is 0 Å². The van der Waals surface area contributed by atoms with Gasteiger partial charge in [-0.2, -0.15) is 0 Å². The molecule has 1 fully saturated rings. The first-order valence-electron chi connectivity index (χ1n) is 12.4. The molecule has 1 atom stereocenters. The highest BCUT2D eigenvalue weighted by molar-refractivity contribution is 6.14. The number of carbonyl (C=O) groups is 1. The van der Waals surface area contributed by atoms with Crippen molar-refractivity contribution in [3.63, 3.8) is 0 Å². The van der Waals surface area contributed by atoms with Crippen LogP contribution in [0.2, 0.25) is 0 Å². The second-order valence-electron chi connectivity index (χ2n) is 9.07. The van der Waals surface area contributed by atoms with Crippen molar-refractivity contribution in [1.29, 1.82) is 0 Å². The van der Waals surface area contributed by atoms with Crippen LogP contribution in [-0.2, 0) is 4.74 Å². The van der Waals surface area contributed by atoms with Crippen LogP contribution in [0.15, 0.2) is 78.9 Å². The molecule has 35 heavy (non-hydrogen) atoms. The molecule has 5 rings (SSSR count). The van der Waals surface area contributed by atoms with Gasteiger partial charge in [-0.15, -0.1) is 0 Å². The summed E-state index contributed by atoms with van der Waals surface area (Å²) in [5, 5.41) is 4.02. The Morgan fingerprint density at radius 2 is 1.71 bits per heavy atom. The standard InChI is InChI=1S/C30H31N3O2/c1-3-21(2)22-12-14-23(15-13-22)28-20-25(24-8-4-5-9-26(24)31-28)30(34)32-27-10-6-7-11-29(27)33-16-18-35-19-17-33/h4-15,20-21H,3,16-19H2,1-2H3,(H,32,34). The smallest absolute Gasteiger partial charge is 0.256 e. The van der Waals surface area contributed by atoms with Crippen molar-refractivity contribution >= 4 is 28.2 Å². The SMILES string of the molecule is CCC(C)c1ccc(-c2cc(C(=O)Nc3ccccc3N3CCOCC3)c3ccccc3n2)cc1. The zero-order chi connectivity index (χ0) is 24.2. The van der Waals surface area contributed by atoms with Crippen molar-refractivity contribution in [2.75, 3.05) is 36.5 Å². The van der Waals surface area contributed by atoms with Crippen molar-refractivity contribution in [2.45, 2.75) is 26.2 Å². The lowest BCUT2D eigenvalue weighted by Gasteiger charge is -2.30. The summed E-state index contributed by atoms with van der Waals surface area (Å²) < 4.78 is 5.51. The summed E-state index contributed by atoms with van der Waals surface area (Å²) in [5.74, 6) is 0.378. The van der Waals surface area contributed by atoms with Gasteiger partial charge in [-0.25, -0.2) is 4.98 Å². The Labute approximate surface area is 206 Å². The van der Waals surface area contributed by atoms with Gasteiger partial charge in [0.15, 0.2) is 0 Å². The molecule has 0 radical (unpaired) electrons. The number of rotatable bonds is 6. The predicted molar refractivity (Wildman–Crippen MR) is 143 cm³/mol. The number of carbonyl (C=O) groups excluding carboxylic acids is 1. The molecule has 1 saturated heterocycles. The molecule has 2 heterocycles. The number of anilines is 2. The number of nitrogens with zero attached hydrogens (tertiary/aromatic N) is 2. The number of aromatic nitrogens is 1. The van der Waals surface area contributed by atoms with Gasteiger partial charge < -0.3 is 15.0 Å². The summed E-state index contributed by atoms with van der Waals surface area (Å²) in [6, 6.07) is 26.2. The molecule has 4 aromatic rings.